The highest BCUT2D eigenvalue weighted by molar-refractivity contribution is 5.29. The molecule has 1 rings (SSSR count). The first-order valence-corrected chi connectivity index (χ1v) is 7.28. The summed E-state index contributed by atoms with van der Waals surface area (Å²) in [5.74, 6) is 6.45. The lowest BCUT2D eigenvalue weighted by Crippen LogP contribution is -2.29. The molecule has 1 unspecified atom stereocenters. The zero-order valence-electron chi connectivity index (χ0n) is 12.2. The molecule has 1 aromatic heterocycles. The predicted octanol–water partition coefficient (Wildman–Crippen LogP) is 3.35. The molecule has 3 N–H and O–H groups in total. The molecule has 1 atom stereocenters. The molecule has 0 radical (unpaired) electrons. The van der Waals surface area contributed by atoms with Crippen molar-refractivity contribution >= 4 is 0 Å². The molecule has 0 fully saturated rings. The molecule has 0 aromatic carbocycles. The average molecular weight is 265 g/mol. The van der Waals surface area contributed by atoms with Crippen LogP contribution in [0.15, 0.2) is 18.3 Å². The van der Waals surface area contributed by atoms with Crippen LogP contribution in [-0.2, 0) is 0 Å². The molecule has 0 aliphatic carbocycles. The number of rotatable bonds is 10. The van der Waals surface area contributed by atoms with Crippen LogP contribution in [0.25, 0.3) is 0 Å². The number of hydrogen-bond donors (Lipinski definition) is 2. The van der Waals surface area contributed by atoms with Gasteiger partial charge in [0.15, 0.2) is 0 Å². The topological polar surface area (TPSA) is 60.2 Å². The molecule has 0 bridgehead atoms. The summed E-state index contributed by atoms with van der Waals surface area (Å²) >= 11 is 0. The maximum Gasteiger partial charge on any atom is 0.142 e. The van der Waals surface area contributed by atoms with E-state index in [0.29, 0.717) is 0 Å². The largest absolute Gasteiger partial charge is 0.495 e. The molecular weight excluding hydrogens is 238 g/mol. The molecule has 0 saturated carbocycles. The summed E-state index contributed by atoms with van der Waals surface area (Å²) in [6.45, 7) is 2.24. The van der Waals surface area contributed by atoms with E-state index < -0.39 is 0 Å². The Balaban J connectivity index is 2.40. The number of nitrogens with zero attached hydrogens (tertiary/aromatic N) is 1. The van der Waals surface area contributed by atoms with Gasteiger partial charge in [-0.3, -0.25) is 16.3 Å². The Morgan fingerprint density at radius 1 is 1.26 bits per heavy atom. The lowest BCUT2D eigenvalue weighted by molar-refractivity contribution is 0.386. The fourth-order valence-corrected chi connectivity index (χ4v) is 2.26. The number of hydrogen-bond acceptors (Lipinski definition) is 4. The molecule has 19 heavy (non-hydrogen) atoms. The summed E-state index contributed by atoms with van der Waals surface area (Å²) in [6.07, 6.45) is 10.5. The van der Waals surface area contributed by atoms with Crippen molar-refractivity contribution in [2.24, 2.45) is 5.84 Å². The SMILES string of the molecule is CCCCCCCCC(NN)c1ncccc1OC. The first-order valence-electron chi connectivity index (χ1n) is 7.28. The molecule has 0 spiro atoms. The molecular formula is C15H27N3O. The highest BCUT2D eigenvalue weighted by atomic mass is 16.5. The Kier molecular flexibility index (Phi) is 8.18. The quantitative estimate of drug-likeness (QED) is 0.387. The van der Waals surface area contributed by atoms with Gasteiger partial charge < -0.3 is 4.74 Å². The van der Waals surface area contributed by atoms with E-state index in [-0.39, 0.29) is 6.04 Å². The van der Waals surface area contributed by atoms with E-state index in [2.05, 4.69) is 17.3 Å². The van der Waals surface area contributed by atoms with Gasteiger partial charge in [0.25, 0.3) is 0 Å². The van der Waals surface area contributed by atoms with Crippen LogP contribution >= 0.6 is 0 Å². The highest BCUT2D eigenvalue weighted by Crippen LogP contribution is 2.25. The van der Waals surface area contributed by atoms with Crippen LogP contribution in [0, 0.1) is 0 Å². The molecule has 108 valence electrons. The number of aromatic nitrogens is 1. The van der Waals surface area contributed by atoms with Gasteiger partial charge in [-0.05, 0) is 18.6 Å². The van der Waals surface area contributed by atoms with Crippen LogP contribution in [0.2, 0.25) is 0 Å². The van der Waals surface area contributed by atoms with Crippen molar-refractivity contribution in [2.45, 2.75) is 57.9 Å². The van der Waals surface area contributed by atoms with Crippen LogP contribution in [0.3, 0.4) is 0 Å². The van der Waals surface area contributed by atoms with Gasteiger partial charge in [-0.1, -0.05) is 45.4 Å². The van der Waals surface area contributed by atoms with Gasteiger partial charge in [0.2, 0.25) is 0 Å². The average Bonchev–Trinajstić information content (AvgIpc) is 2.47. The van der Waals surface area contributed by atoms with Gasteiger partial charge in [0.05, 0.1) is 13.2 Å². The third-order valence-electron chi connectivity index (χ3n) is 3.40. The standard InChI is InChI=1S/C15H27N3O/c1-3-4-5-6-7-8-10-13(18-16)15-14(19-2)11-9-12-17-15/h9,11-13,18H,3-8,10,16H2,1-2H3. The van der Waals surface area contributed by atoms with Gasteiger partial charge in [0.1, 0.15) is 11.4 Å². The molecule has 0 aliphatic rings. The van der Waals surface area contributed by atoms with Crippen molar-refractivity contribution in [1.29, 1.82) is 0 Å². The third kappa shape index (κ3) is 5.57. The summed E-state index contributed by atoms with van der Waals surface area (Å²) in [5.41, 5.74) is 3.76. The number of nitrogens with one attached hydrogen (secondary N) is 1. The third-order valence-corrected chi connectivity index (χ3v) is 3.40. The lowest BCUT2D eigenvalue weighted by atomic mass is 10.0. The van der Waals surface area contributed by atoms with Gasteiger partial charge in [-0.25, -0.2) is 0 Å². The number of pyridine rings is 1. The minimum absolute atomic E-state index is 0.0716. The Hall–Kier alpha value is -1.13. The van der Waals surface area contributed by atoms with Crippen molar-refractivity contribution in [3.8, 4) is 5.75 Å². The molecule has 0 aliphatic heterocycles. The number of ether oxygens (including phenoxy) is 1. The summed E-state index contributed by atoms with van der Waals surface area (Å²) in [6, 6.07) is 3.87. The Morgan fingerprint density at radius 2 is 2.00 bits per heavy atom. The van der Waals surface area contributed by atoms with Crippen LogP contribution < -0.4 is 16.0 Å². The second-order valence-corrected chi connectivity index (χ2v) is 4.87. The molecule has 1 aromatic rings. The van der Waals surface area contributed by atoms with Gasteiger partial charge in [-0.15, -0.1) is 0 Å². The maximum atomic E-state index is 5.65. The zero-order valence-corrected chi connectivity index (χ0v) is 12.2. The first-order chi connectivity index (χ1) is 9.33. The molecule has 4 nitrogen and oxygen atoms in total. The number of unbranched alkanes of at least 4 members (excludes halogenated alkanes) is 5. The monoisotopic (exact) mass is 265 g/mol. The zero-order chi connectivity index (χ0) is 13.9. The van der Waals surface area contributed by atoms with E-state index >= 15 is 0 Å². The fraction of sp³-hybridized carbons (Fsp3) is 0.667. The number of hydrazine groups is 1. The minimum atomic E-state index is 0.0716. The van der Waals surface area contributed by atoms with E-state index in [4.69, 9.17) is 10.6 Å². The Morgan fingerprint density at radius 3 is 2.68 bits per heavy atom. The molecule has 0 saturated heterocycles. The summed E-state index contributed by atoms with van der Waals surface area (Å²) in [5, 5.41) is 0. The van der Waals surface area contributed by atoms with Gasteiger partial charge in [0, 0.05) is 6.20 Å². The minimum Gasteiger partial charge on any atom is -0.495 e. The van der Waals surface area contributed by atoms with Crippen molar-refractivity contribution in [3.05, 3.63) is 24.0 Å². The normalized spacial score (nSPS) is 12.4. The molecule has 0 amide bonds. The molecule has 1 heterocycles. The Bertz CT molecular complexity index is 344. The number of methoxy groups -OCH3 is 1. The van der Waals surface area contributed by atoms with Gasteiger partial charge in [-0.2, -0.15) is 0 Å². The van der Waals surface area contributed by atoms with E-state index in [1.165, 1.54) is 32.1 Å². The van der Waals surface area contributed by atoms with Gasteiger partial charge >= 0.3 is 0 Å². The lowest BCUT2D eigenvalue weighted by Gasteiger charge is -2.17. The van der Waals surface area contributed by atoms with E-state index in [1.807, 2.05) is 12.1 Å². The highest BCUT2D eigenvalue weighted by Gasteiger charge is 2.15. The fourth-order valence-electron chi connectivity index (χ4n) is 2.26. The molecule has 4 heteroatoms. The van der Waals surface area contributed by atoms with E-state index in [0.717, 1.165) is 24.3 Å². The van der Waals surface area contributed by atoms with E-state index in [9.17, 15) is 0 Å². The van der Waals surface area contributed by atoms with Crippen LogP contribution in [0.5, 0.6) is 5.75 Å². The van der Waals surface area contributed by atoms with Crippen molar-refractivity contribution in [2.75, 3.05) is 7.11 Å². The number of nitrogens with two attached hydrogens (primary N) is 1. The summed E-state index contributed by atoms with van der Waals surface area (Å²) in [4.78, 5) is 4.38. The summed E-state index contributed by atoms with van der Waals surface area (Å²) in [7, 11) is 1.67. The van der Waals surface area contributed by atoms with Crippen LogP contribution in [0.4, 0.5) is 0 Å². The second-order valence-electron chi connectivity index (χ2n) is 4.87. The van der Waals surface area contributed by atoms with Crippen molar-refractivity contribution < 1.29 is 4.74 Å². The maximum absolute atomic E-state index is 5.65. The predicted molar refractivity (Wildman–Crippen MR) is 78.8 cm³/mol. The van der Waals surface area contributed by atoms with E-state index in [1.54, 1.807) is 13.3 Å². The van der Waals surface area contributed by atoms with Crippen LogP contribution in [0.1, 0.15) is 63.6 Å². The van der Waals surface area contributed by atoms with Crippen LogP contribution in [-0.4, -0.2) is 12.1 Å². The summed E-state index contributed by atoms with van der Waals surface area (Å²) < 4.78 is 5.33. The second kappa shape index (κ2) is 9.75. The van der Waals surface area contributed by atoms with Crippen molar-refractivity contribution in [3.63, 3.8) is 0 Å². The first kappa shape index (κ1) is 15.9. The smallest absolute Gasteiger partial charge is 0.142 e. The Labute approximate surface area is 116 Å². The van der Waals surface area contributed by atoms with Crippen molar-refractivity contribution in [1.82, 2.24) is 10.4 Å².